The monoisotopic (exact) mass is 304 g/mol. The summed E-state index contributed by atoms with van der Waals surface area (Å²) in [6, 6.07) is 3.74. The topological polar surface area (TPSA) is 29.5 Å². The molecule has 0 aliphatic heterocycles. The van der Waals surface area contributed by atoms with Crippen LogP contribution in [0.2, 0.25) is 0 Å². The molecule has 0 heterocycles. The number of hydrogen-bond donors (Lipinski definition) is 1. The lowest BCUT2D eigenvalue weighted by Gasteiger charge is -2.08. The molecule has 0 atom stereocenters. The highest BCUT2D eigenvalue weighted by atomic mass is 127. The van der Waals surface area contributed by atoms with Crippen LogP contribution in [-0.4, -0.2) is 11.7 Å². The normalized spacial score (nSPS) is 10.8. The van der Waals surface area contributed by atoms with Crippen LogP contribution in [0.25, 0.3) is 0 Å². The number of benzene rings is 1. The van der Waals surface area contributed by atoms with E-state index in [-0.39, 0.29) is 5.75 Å². The minimum atomic E-state index is 0.231. The van der Waals surface area contributed by atoms with Gasteiger partial charge in [-0.05, 0) is 54.1 Å². The van der Waals surface area contributed by atoms with Crippen LogP contribution in [0.1, 0.15) is 12.5 Å². The largest absolute Gasteiger partial charge is 0.504 e. The molecule has 2 nitrogen and oxygen atoms in total. The molecule has 0 aliphatic rings. The average Bonchev–Trinajstić information content (AvgIpc) is 2.13. The van der Waals surface area contributed by atoms with Gasteiger partial charge >= 0.3 is 0 Å². The smallest absolute Gasteiger partial charge is 0.162 e. The van der Waals surface area contributed by atoms with Crippen LogP contribution in [0.15, 0.2) is 24.3 Å². The number of rotatable bonds is 3. The van der Waals surface area contributed by atoms with Crippen LogP contribution in [0.3, 0.4) is 0 Å². The molecule has 14 heavy (non-hydrogen) atoms. The molecule has 0 aliphatic carbocycles. The second-order valence-corrected chi connectivity index (χ2v) is 4.20. The van der Waals surface area contributed by atoms with Crippen LogP contribution in [0.4, 0.5) is 0 Å². The van der Waals surface area contributed by atoms with Gasteiger partial charge in [-0.1, -0.05) is 12.2 Å². The van der Waals surface area contributed by atoms with Crippen molar-refractivity contribution in [3.63, 3.8) is 0 Å². The molecule has 0 saturated carbocycles. The van der Waals surface area contributed by atoms with E-state index >= 15 is 0 Å². The SMILES string of the molecule is C/C=C/COc1cc(I)cc(C)c1O. The first kappa shape index (κ1) is 11.4. The Labute approximate surface area is 97.7 Å². The van der Waals surface area contributed by atoms with Gasteiger partial charge in [0.25, 0.3) is 0 Å². The summed E-state index contributed by atoms with van der Waals surface area (Å²) in [5.41, 5.74) is 0.840. The van der Waals surface area contributed by atoms with E-state index < -0.39 is 0 Å². The van der Waals surface area contributed by atoms with E-state index in [2.05, 4.69) is 22.6 Å². The standard InChI is InChI=1S/C11H13IO2/c1-3-4-5-14-10-7-9(12)6-8(2)11(10)13/h3-4,6-7,13H,5H2,1-2H3/b4-3+. The number of aryl methyl sites for hydroxylation is 1. The molecule has 0 aromatic heterocycles. The Bertz CT molecular complexity index is 345. The maximum absolute atomic E-state index is 9.67. The lowest BCUT2D eigenvalue weighted by molar-refractivity contribution is 0.334. The number of phenols is 1. The van der Waals surface area contributed by atoms with Crippen LogP contribution in [-0.2, 0) is 0 Å². The van der Waals surface area contributed by atoms with E-state index in [0.717, 1.165) is 9.13 Å². The van der Waals surface area contributed by atoms with Gasteiger partial charge in [0.05, 0.1) is 0 Å². The number of ether oxygens (including phenoxy) is 1. The fourth-order valence-corrected chi connectivity index (χ4v) is 1.80. The van der Waals surface area contributed by atoms with Crippen molar-refractivity contribution in [1.82, 2.24) is 0 Å². The van der Waals surface area contributed by atoms with Gasteiger partial charge in [-0.25, -0.2) is 0 Å². The molecule has 3 heteroatoms. The average molecular weight is 304 g/mol. The van der Waals surface area contributed by atoms with Crippen LogP contribution in [0, 0.1) is 10.5 Å². The van der Waals surface area contributed by atoms with E-state index in [4.69, 9.17) is 4.74 Å². The van der Waals surface area contributed by atoms with Gasteiger partial charge in [-0.3, -0.25) is 0 Å². The van der Waals surface area contributed by atoms with Gasteiger partial charge in [0.2, 0.25) is 0 Å². The zero-order chi connectivity index (χ0) is 10.6. The van der Waals surface area contributed by atoms with Gasteiger partial charge < -0.3 is 9.84 Å². The summed E-state index contributed by atoms with van der Waals surface area (Å²) >= 11 is 2.20. The lowest BCUT2D eigenvalue weighted by Crippen LogP contribution is -1.95. The van der Waals surface area contributed by atoms with Crippen molar-refractivity contribution < 1.29 is 9.84 Å². The van der Waals surface area contributed by atoms with Crippen molar-refractivity contribution in [2.75, 3.05) is 6.61 Å². The number of halogens is 1. The highest BCUT2D eigenvalue weighted by Gasteiger charge is 2.06. The number of hydrogen-bond acceptors (Lipinski definition) is 2. The number of phenolic OH excluding ortho intramolecular Hbond substituents is 1. The molecule has 1 rings (SSSR count). The summed E-state index contributed by atoms with van der Waals surface area (Å²) in [6.07, 6.45) is 3.81. The third-order valence-corrected chi connectivity index (χ3v) is 2.42. The second kappa shape index (κ2) is 5.24. The van der Waals surface area contributed by atoms with Crippen molar-refractivity contribution in [1.29, 1.82) is 0 Å². The first-order valence-electron chi connectivity index (χ1n) is 4.38. The van der Waals surface area contributed by atoms with E-state index in [1.54, 1.807) is 0 Å². The van der Waals surface area contributed by atoms with Gasteiger partial charge in [0, 0.05) is 3.57 Å². The summed E-state index contributed by atoms with van der Waals surface area (Å²) in [7, 11) is 0. The van der Waals surface area contributed by atoms with Crippen molar-refractivity contribution in [3.8, 4) is 11.5 Å². The maximum atomic E-state index is 9.67. The number of aromatic hydroxyl groups is 1. The summed E-state index contributed by atoms with van der Waals surface area (Å²) in [5, 5.41) is 9.67. The number of allylic oxidation sites excluding steroid dienone is 1. The fourth-order valence-electron chi connectivity index (χ4n) is 1.05. The van der Waals surface area contributed by atoms with Gasteiger partial charge in [0.1, 0.15) is 6.61 Å². The minimum Gasteiger partial charge on any atom is -0.504 e. The van der Waals surface area contributed by atoms with E-state index in [9.17, 15) is 5.11 Å². The van der Waals surface area contributed by atoms with Crippen molar-refractivity contribution >= 4 is 22.6 Å². The molecule has 0 bridgehead atoms. The zero-order valence-electron chi connectivity index (χ0n) is 8.25. The predicted octanol–water partition coefficient (Wildman–Crippen LogP) is 3.26. The predicted molar refractivity (Wildman–Crippen MR) is 65.9 cm³/mol. The highest BCUT2D eigenvalue weighted by Crippen LogP contribution is 2.31. The molecule has 1 N–H and O–H groups in total. The maximum Gasteiger partial charge on any atom is 0.162 e. The minimum absolute atomic E-state index is 0.231. The molecular formula is C11H13IO2. The lowest BCUT2D eigenvalue weighted by atomic mass is 10.2. The van der Waals surface area contributed by atoms with E-state index in [0.29, 0.717) is 12.4 Å². The first-order chi connectivity index (χ1) is 6.65. The van der Waals surface area contributed by atoms with Crippen molar-refractivity contribution in [3.05, 3.63) is 33.4 Å². The zero-order valence-corrected chi connectivity index (χ0v) is 10.4. The molecule has 0 unspecified atom stereocenters. The van der Waals surface area contributed by atoms with Crippen LogP contribution < -0.4 is 4.74 Å². The Hall–Kier alpha value is -0.710. The van der Waals surface area contributed by atoms with E-state index in [1.165, 1.54) is 0 Å². The molecule has 0 saturated heterocycles. The third kappa shape index (κ3) is 2.90. The first-order valence-corrected chi connectivity index (χ1v) is 5.46. The van der Waals surface area contributed by atoms with Gasteiger partial charge in [0.15, 0.2) is 11.5 Å². The molecule has 0 amide bonds. The molecule has 0 fully saturated rings. The third-order valence-electron chi connectivity index (χ3n) is 1.80. The van der Waals surface area contributed by atoms with Crippen LogP contribution >= 0.6 is 22.6 Å². The summed E-state index contributed by atoms with van der Waals surface area (Å²) < 4.78 is 6.46. The molecule has 0 radical (unpaired) electrons. The van der Waals surface area contributed by atoms with Crippen molar-refractivity contribution in [2.24, 2.45) is 0 Å². The summed E-state index contributed by atoms with van der Waals surface area (Å²) in [5.74, 6) is 0.780. The Morgan fingerprint density at radius 1 is 1.50 bits per heavy atom. The molecule has 76 valence electrons. The van der Waals surface area contributed by atoms with Crippen LogP contribution in [0.5, 0.6) is 11.5 Å². The Balaban J connectivity index is 2.85. The Morgan fingerprint density at radius 2 is 2.21 bits per heavy atom. The van der Waals surface area contributed by atoms with Crippen molar-refractivity contribution in [2.45, 2.75) is 13.8 Å². The molecule has 0 spiro atoms. The summed E-state index contributed by atoms with van der Waals surface area (Å²) in [6.45, 7) is 4.28. The van der Waals surface area contributed by atoms with E-state index in [1.807, 2.05) is 38.1 Å². The molecule has 1 aromatic rings. The van der Waals surface area contributed by atoms with Gasteiger partial charge in [-0.2, -0.15) is 0 Å². The molecular weight excluding hydrogens is 291 g/mol. The van der Waals surface area contributed by atoms with Gasteiger partial charge in [-0.15, -0.1) is 0 Å². The highest BCUT2D eigenvalue weighted by molar-refractivity contribution is 14.1. The second-order valence-electron chi connectivity index (χ2n) is 2.95. The quantitative estimate of drug-likeness (QED) is 0.686. The Morgan fingerprint density at radius 3 is 2.86 bits per heavy atom. The fraction of sp³-hybridized carbons (Fsp3) is 0.273. The summed E-state index contributed by atoms with van der Waals surface area (Å²) in [4.78, 5) is 0. The Kier molecular flexibility index (Phi) is 4.25. The molecule has 1 aromatic carbocycles.